The van der Waals surface area contributed by atoms with Crippen molar-refractivity contribution in [2.45, 2.75) is 37.9 Å². The van der Waals surface area contributed by atoms with E-state index in [0.29, 0.717) is 43.7 Å². The summed E-state index contributed by atoms with van der Waals surface area (Å²) in [5, 5.41) is 10.5. The van der Waals surface area contributed by atoms with Gasteiger partial charge in [0.2, 0.25) is 0 Å². The largest absolute Gasteiger partial charge is 0.416 e. The van der Waals surface area contributed by atoms with Crippen molar-refractivity contribution in [2.75, 3.05) is 19.6 Å². The molecule has 2 fully saturated rings. The third-order valence-corrected chi connectivity index (χ3v) is 6.75. The molecule has 1 aliphatic carbocycles. The Labute approximate surface area is 178 Å². The first-order valence-corrected chi connectivity index (χ1v) is 10.1. The molecular formula is C21H24ClF3N4O. The lowest BCUT2D eigenvalue weighted by atomic mass is 9.91. The number of hydrogen-bond donors (Lipinski definition) is 2. The van der Waals surface area contributed by atoms with Gasteiger partial charge in [-0.1, -0.05) is 18.2 Å². The first-order chi connectivity index (χ1) is 13.9. The van der Waals surface area contributed by atoms with Crippen LogP contribution in [0.3, 0.4) is 0 Å². The van der Waals surface area contributed by atoms with Gasteiger partial charge in [0.25, 0.3) is 5.91 Å². The number of hydrogen-bond acceptors (Lipinski definition) is 3. The lowest BCUT2D eigenvalue weighted by molar-refractivity contribution is -0.138. The Hall–Kier alpha value is -2.06. The third kappa shape index (κ3) is 3.60. The normalized spacial score (nSPS) is 25.6. The van der Waals surface area contributed by atoms with Gasteiger partial charge in [-0.15, -0.1) is 12.4 Å². The summed E-state index contributed by atoms with van der Waals surface area (Å²) in [5.41, 5.74) is 2.38. The van der Waals surface area contributed by atoms with Crippen molar-refractivity contribution in [1.29, 1.82) is 0 Å². The number of nitrogens with zero attached hydrogens (tertiary/aromatic N) is 2. The predicted molar refractivity (Wildman–Crippen MR) is 108 cm³/mol. The van der Waals surface area contributed by atoms with E-state index in [4.69, 9.17) is 0 Å². The van der Waals surface area contributed by atoms with E-state index in [1.807, 2.05) is 4.90 Å². The molecule has 1 unspecified atom stereocenters. The number of likely N-dealkylation sites (tertiary alicyclic amines) is 1. The second-order valence-corrected chi connectivity index (χ2v) is 8.44. The summed E-state index contributed by atoms with van der Waals surface area (Å²) < 4.78 is 40.2. The number of aromatic amines is 1. The number of alkyl halides is 3. The number of halogens is 4. The molecule has 0 bridgehead atoms. The van der Waals surface area contributed by atoms with Crippen molar-refractivity contribution >= 4 is 18.3 Å². The van der Waals surface area contributed by atoms with Crippen LogP contribution in [-0.4, -0.2) is 40.6 Å². The fraction of sp³-hybridized carbons (Fsp3) is 0.524. The Kier molecular flexibility index (Phi) is 5.57. The van der Waals surface area contributed by atoms with Gasteiger partial charge in [0.05, 0.1) is 11.3 Å². The van der Waals surface area contributed by atoms with E-state index in [2.05, 4.69) is 15.5 Å². The van der Waals surface area contributed by atoms with E-state index in [0.717, 1.165) is 24.2 Å². The van der Waals surface area contributed by atoms with Crippen LogP contribution >= 0.6 is 12.4 Å². The van der Waals surface area contributed by atoms with E-state index in [-0.39, 0.29) is 36.1 Å². The summed E-state index contributed by atoms with van der Waals surface area (Å²) >= 11 is 0. The molecule has 1 saturated heterocycles. The van der Waals surface area contributed by atoms with Gasteiger partial charge in [0.15, 0.2) is 5.69 Å². The Morgan fingerprint density at radius 3 is 2.53 bits per heavy atom. The average Bonchev–Trinajstić information content (AvgIpc) is 3.39. The highest BCUT2D eigenvalue weighted by Crippen LogP contribution is 2.49. The second kappa shape index (κ2) is 7.89. The first-order valence-electron chi connectivity index (χ1n) is 10.1. The monoisotopic (exact) mass is 440 g/mol. The molecule has 5 nitrogen and oxygen atoms in total. The molecule has 3 heterocycles. The Bertz CT molecular complexity index is 931. The van der Waals surface area contributed by atoms with Crippen LogP contribution in [0.5, 0.6) is 0 Å². The van der Waals surface area contributed by atoms with Crippen molar-refractivity contribution in [3.63, 3.8) is 0 Å². The third-order valence-electron chi connectivity index (χ3n) is 6.75. The number of aromatic nitrogens is 2. The van der Waals surface area contributed by atoms with Gasteiger partial charge < -0.3 is 10.2 Å². The number of fused-ring (bicyclic) bond motifs is 2. The van der Waals surface area contributed by atoms with E-state index in [1.165, 1.54) is 12.1 Å². The van der Waals surface area contributed by atoms with Crippen LogP contribution < -0.4 is 5.32 Å². The maximum Gasteiger partial charge on any atom is 0.416 e. The van der Waals surface area contributed by atoms with Crippen molar-refractivity contribution in [3.05, 3.63) is 52.3 Å². The molecule has 2 N–H and O–H groups in total. The predicted octanol–water partition coefficient (Wildman–Crippen LogP) is 3.76. The van der Waals surface area contributed by atoms with Gasteiger partial charge in [0, 0.05) is 25.2 Å². The van der Waals surface area contributed by atoms with E-state index < -0.39 is 11.7 Å². The lowest BCUT2D eigenvalue weighted by Crippen LogP contribution is -2.32. The average molecular weight is 441 g/mol. The SMILES string of the molecule is Cl.O=C(c1n[nH]c2c1CCNC2)N1C[C@H]2CC(c3ccccc3C(F)(F)F)C[C@H]2C1. The van der Waals surface area contributed by atoms with Crippen molar-refractivity contribution in [1.82, 2.24) is 20.4 Å². The minimum absolute atomic E-state index is 0. The molecule has 5 rings (SSSR count). The number of H-pyrrole nitrogens is 1. The van der Waals surface area contributed by atoms with Gasteiger partial charge >= 0.3 is 6.18 Å². The number of amides is 1. The molecule has 162 valence electrons. The van der Waals surface area contributed by atoms with Crippen molar-refractivity contribution in [2.24, 2.45) is 11.8 Å². The zero-order valence-electron chi connectivity index (χ0n) is 16.3. The molecule has 3 atom stereocenters. The number of nitrogens with one attached hydrogen (secondary N) is 2. The molecule has 1 saturated carbocycles. The zero-order chi connectivity index (χ0) is 20.2. The summed E-state index contributed by atoms with van der Waals surface area (Å²) in [7, 11) is 0. The fourth-order valence-electron chi connectivity index (χ4n) is 5.40. The number of carbonyl (C=O) groups excluding carboxylic acids is 1. The Balaban J connectivity index is 0.00000218. The minimum Gasteiger partial charge on any atom is -0.337 e. The van der Waals surface area contributed by atoms with Gasteiger partial charge in [-0.3, -0.25) is 9.89 Å². The summed E-state index contributed by atoms with van der Waals surface area (Å²) in [6.45, 7) is 2.74. The van der Waals surface area contributed by atoms with E-state index in [9.17, 15) is 18.0 Å². The van der Waals surface area contributed by atoms with Gasteiger partial charge in [0.1, 0.15) is 0 Å². The molecule has 2 aromatic rings. The fourth-order valence-corrected chi connectivity index (χ4v) is 5.40. The Morgan fingerprint density at radius 1 is 1.13 bits per heavy atom. The zero-order valence-corrected chi connectivity index (χ0v) is 17.2. The van der Waals surface area contributed by atoms with Crippen molar-refractivity contribution in [3.8, 4) is 0 Å². The van der Waals surface area contributed by atoms with Crippen LogP contribution in [-0.2, 0) is 19.1 Å². The van der Waals surface area contributed by atoms with Gasteiger partial charge in [-0.25, -0.2) is 0 Å². The van der Waals surface area contributed by atoms with Crippen LogP contribution in [0.4, 0.5) is 13.2 Å². The molecule has 1 amide bonds. The van der Waals surface area contributed by atoms with Gasteiger partial charge in [-0.2, -0.15) is 18.3 Å². The summed E-state index contributed by atoms with van der Waals surface area (Å²) in [4.78, 5) is 14.9. The maximum atomic E-state index is 13.4. The highest BCUT2D eigenvalue weighted by molar-refractivity contribution is 5.94. The lowest BCUT2D eigenvalue weighted by Gasteiger charge is -2.21. The van der Waals surface area contributed by atoms with Crippen LogP contribution in [0.25, 0.3) is 0 Å². The second-order valence-electron chi connectivity index (χ2n) is 8.44. The van der Waals surface area contributed by atoms with Crippen LogP contribution in [0.15, 0.2) is 24.3 Å². The van der Waals surface area contributed by atoms with Gasteiger partial charge in [-0.05, 0) is 55.2 Å². The number of benzene rings is 1. The molecule has 0 radical (unpaired) electrons. The molecule has 9 heteroatoms. The molecule has 1 aromatic carbocycles. The van der Waals surface area contributed by atoms with E-state index in [1.54, 1.807) is 12.1 Å². The number of rotatable bonds is 2. The maximum absolute atomic E-state index is 13.4. The highest BCUT2D eigenvalue weighted by atomic mass is 35.5. The molecule has 2 aliphatic heterocycles. The summed E-state index contributed by atoms with van der Waals surface area (Å²) in [6, 6.07) is 5.92. The number of carbonyl (C=O) groups is 1. The van der Waals surface area contributed by atoms with Crippen molar-refractivity contribution < 1.29 is 18.0 Å². The summed E-state index contributed by atoms with van der Waals surface area (Å²) in [5.74, 6) is 0.360. The quantitative estimate of drug-likeness (QED) is 0.747. The smallest absolute Gasteiger partial charge is 0.337 e. The topological polar surface area (TPSA) is 61.0 Å². The first kappa shape index (κ1) is 21.2. The van der Waals surface area contributed by atoms with Crippen LogP contribution in [0.1, 0.15) is 51.6 Å². The minimum atomic E-state index is -4.33. The molecule has 30 heavy (non-hydrogen) atoms. The molecule has 0 spiro atoms. The Morgan fingerprint density at radius 2 is 1.83 bits per heavy atom. The van der Waals surface area contributed by atoms with Crippen LogP contribution in [0, 0.1) is 11.8 Å². The molecular weight excluding hydrogens is 417 g/mol. The molecule has 1 aromatic heterocycles. The van der Waals surface area contributed by atoms with E-state index >= 15 is 0 Å². The highest BCUT2D eigenvalue weighted by Gasteiger charge is 2.45. The summed E-state index contributed by atoms with van der Waals surface area (Å²) in [6.07, 6.45) is -2.15. The molecule has 3 aliphatic rings. The van der Waals surface area contributed by atoms with Crippen LogP contribution in [0.2, 0.25) is 0 Å². The standard InChI is InChI=1S/C21H23F3N4O.ClH/c22-21(23,24)17-4-2-1-3-15(17)12-7-13-10-28(11-14(13)8-12)20(29)19-16-5-6-25-9-18(16)26-27-19;/h1-4,12-14,25H,5-11H2,(H,26,27);1H/t12?,13-,14+;.